The highest BCUT2D eigenvalue weighted by Crippen LogP contribution is 2.37. The van der Waals surface area contributed by atoms with E-state index in [1.54, 1.807) is 12.0 Å². The number of hydrogen-bond donors (Lipinski definition) is 0. The van der Waals surface area contributed by atoms with Crippen molar-refractivity contribution in [3.8, 4) is 0 Å². The molecule has 3 rings (SSSR count). The lowest BCUT2D eigenvalue weighted by Crippen LogP contribution is -2.68. The van der Waals surface area contributed by atoms with Crippen LogP contribution in [0.1, 0.15) is 96.8 Å². The number of ether oxygens (including phenoxy) is 5. The molecule has 1 amide bonds. The van der Waals surface area contributed by atoms with E-state index < -0.39 is 42.9 Å². The van der Waals surface area contributed by atoms with Crippen molar-refractivity contribution in [2.75, 3.05) is 20.3 Å². The molecule has 0 radical (unpaired) electrons. The van der Waals surface area contributed by atoms with Gasteiger partial charge in [0.1, 0.15) is 18.2 Å². The fourth-order valence-corrected chi connectivity index (χ4v) is 5.47. The third kappa shape index (κ3) is 8.76. The zero-order valence-corrected chi connectivity index (χ0v) is 23.6. The van der Waals surface area contributed by atoms with E-state index in [1.165, 1.54) is 58.8 Å². The number of nitrogens with zero attached hydrogens (tertiary/aromatic N) is 1. The summed E-state index contributed by atoms with van der Waals surface area (Å²) in [5, 5.41) is 0. The number of amides is 1. The second-order valence-electron chi connectivity index (χ2n) is 10.4. The molecule has 8 nitrogen and oxygen atoms in total. The first-order valence-electron chi connectivity index (χ1n) is 14.4. The van der Waals surface area contributed by atoms with Crippen LogP contribution in [0.5, 0.6) is 0 Å². The minimum Gasteiger partial charge on any atom is -0.457 e. The monoisotopic (exact) mass is 533 g/mol. The molecule has 2 aliphatic heterocycles. The molecule has 0 aliphatic carbocycles. The molecule has 1 aromatic rings. The Morgan fingerprint density at radius 2 is 1.55 bits per heavy atom. The fourth-order valence-electron chi connectivity index (χ4n) is 5.47. The summed E-state index contributed by atoms with van der Waals surface area (Å²) in [7, 11) is 1.54. The number of benzene rings is 1. The number of fused-ring (bicyclic) bond motifs is 1. The van der Waals surface area contributed by atoms with Crippen molar-refractivity contribution in [2.45, 2.75) is 122 Å². The Labute approximate surface area is 228 Å². The summed E-state index contributed by atoms with van der Waals surface area (Å²) < 4.78 is 30.0. The van der Waals surface area contributed by atoms with Crippen LogP contribution in [-0.4, -0.2) is 67.7 Å². The van der Waals surface area contributed by atoms with Crippen molar-refractivity contribution in [3.05, 3.63) is 35.9 Å². The topological polar surface area (TPSA) is 83.5 Å². The van der Waals surface area contributed by atoms with Crippen LogP contribution in [0.25, 0.3) is 0 Å². The Hall–Kier alpha value is -2.00. The average molecular weight is 534 g/mol. The first-order chi connectivity index (χ1) is 18.5. The summed E-state index contributed by atoms with van der Waals surface area (Å²) in [5.74, 6) is -0.553. The molecule has 0 N–H and O–H groups in total. The molecule has 0 unspecified atom stereocenters. The SMILES string of the molecule is CCCCCCCCCCCCN(C(C)=O)[C@@H]1[C@@H](OC)O[C@@H]2CO[C@@H](c3ccccc3)O[C@H]2[C@H]1OC(C)=O. The van der Waals surface area contributed by atoms with Gasteiger partial charge in [0.05, 0.1) is 6.61 Å². The van der Waals surface area contributed by atoms with Crippen LogP contribution in [0.2, 0.25) is 0 Å². The van der Waals surface area contributed by atoms with E-state index in [0.717, 1.165) is 24.8 Å². The molecule has 38 heavy (non-hydrogen) atoms. The summed E-state index contributed by atoms with van der Waals surface area (Å²) in [5.41, 5.74) is 0.867. The van der Waals surface area contributed by atoms with Gasteiger partial charge in [-0.05, 0) is 6.42 Å². The first kappa shape index (κ1) is 30.5. The van der Waals surface area contributed by atoms with Crippen LogP contribution in [0, 0.1) is 0 Å². The average Bonchev–Trinajstić information content (AvgIpc) is 2.92. The van der Waals surface area contributed by atoms with Crippen molar-refractivity contribution < 1.29 is 33.3 Å². The van der Waals surface area contributed by atoms with Crippen molar-refractivity contribution in [3.63, 3.8) is 0 Å². The van der Waals surface area contributed by atoms with Gasteiger partial charge in [-0.2, -0.15) is 0 Å². The minimum atomic E-state index is -0.770. The Morgan fingerprint density at radius 3 is 2.13 bits per heavy atom. The van der Waals surface area contributed by atoms with Crippen molar-refractivity contribution >= 4 is 11.9 Å². The standard InChI is InChI=1S/C30H47NO7/c1-5-6-7-8-9-10-11-12-13-17-20-31(22(2)32)26-28(36-23(3)33)27-25(37-30(26)34-4)21-35-29(38-27)24-18-15-14-16-19-24/h14-16,18-19,25-30H,5-13,17,20-21H2,1-4H3/t25-,26+,27-,28+,29-,30+/m1/s1. The number of hydrogen-bond acceptors (Lipinski definition) is 7. The third-order valence-corrected chi connectivity index (χ3v) is 7.43. The molecule has 8 heteroatoms. The molecule has 214 valence electrons. The lowest BCUT2D eigenvalue weighted by atomic mass is 9.93. The van der Waals surface area contributed by atoms with E-state index in [9.17, 15) is 9.59 Å². The number of carbonyl (C=O) groups is 2. The zero-order valence-electron chi connectivity index (χ0n) is 23.6. The zero-order chi connectivity index (χ0) is 27.3. The molecule has 6 atom stereocenters. The molecular formula is C30H47NO7. The number of rotatable bonds is 15. The first-order valence-corrected chi connectivity index (χ1v) is 14.4. The van der Waals surface area contributed by atoms with Crippen LogP contribution in [0.3, 0.4) is 0 Å². The van der Waals surface area contributed by atoms with E-state index in [1.807, 2.05) is 30.3 Å². The second kappa shape index (κ2) is 16.2. The van der Waals surface area contributed by atoms with Gasteiger partial charge >= 0.3 is 5.97 Å². The maximum absolute atomic E-state index is 12.9. The molecule has 2 fully saturated rings. The molecule has 2 heterocycles. The van der Waals surface area contributed by atoms with Gasteiger partial charge in [-0.25, -0.2) is 0 Å². The van der Waals surface area contributed by atoms with Crippen molar-refractivity contribution in [1.29, 1.82) is 0 Å². The number of methoxy groups -OCH3 is 1. The van der Waals surface area contributed by atoms with Crippen LogP contribution in [-0.2, 0) is 33.3 Å². The lowest BCUT2D eigenvalue weighted by molar-refractivity contribution is -0.349. The molecule has 2 saturated heterocycles. The highest BCUT2D eigenvalue weighted by molar-refractivity contribution is 5.74. The molecule has 0 spiro atoms. The predicted molar refractivity (Wildman–Crippen MR) is 144 cm³/mol. The van der Waals surface area contributed by atoms with Crippen LogP contribution >= 0.6 is 0 Å². The van der Waals surface area contributed by atoms with Gasteiger partial charge in [0.25, 0.3) is 0 Å². The third-order valence-electron chi connectivity index (χ3n) is 7.43. The summed E-state index contributed by atoms with van der Waals surface area (Å²) in [6, 6.07) is 9.00. The smallest absolute Gasteiger partial charge is 0.303 e. The maximum Gasteiger partial charge on any atom is 0.303 e. The predicted octanol–water partition coefficient (Wildman–Crippen LogP) is 5.54. The van der Waals surface area contributed by atoms with Gasteiger partial charge in [0.15, 0.2) is 18.7 Å². The van der Waals surface area contributed by atoms with Crippen molar-refractivity contribution in [1.82, 2.24) is 4.90 Å². The molecular weight excluding hydrogens is 486 g/mol. The van der Waals surface area contributed by atoms with Gasteiger partial charge in [0.2, 0.25) is 5.91 Å². The molecule has 2 aliphatic rings. The van der Waals surface area contributed by atoms with Crippen LogP contribution < -0.4 is 0 Å². The Bertz CT molecular complexity index is 835. The largest absolute Gasteiger partial charge is 0.457 e. The van der Waals surface area contributed by atoms with E-state index in [2.05, 4.69) is 6.92 Å². The normalized spacial score (nSPS) is 26.9. The van der Waals surface area contributed by atoms with Crippen LogP contribution in [0.15, 0.2) is 30.3 Å². The van der Waals surface area contributed by atoms with Gasteiger partial charge < -0.3 is 28.6 Å². The molecule has 0 aromatic heterocycles. The molecule has 0 bridgehead atoms. The lowest BCUT2D eigenvalue weighted by Gasteiger charge is -2.51. The fraction of sp³-hybridized carbons (Fsp3) is 0.733. The highest BCUT2D eigenvalue weighted by Gasteiger charge is 2.54. The number of unbranched alkanes of at least 4 members (excludes halogenated alkanes) is 9. The highest BCUT2D eigenvalue weighted by atomic mass is 16.7. The van der Waals surface area contributed by atoms with E-state index >= 15 is 0 Å². The van der Waals surface area contributed by atoms with Gasteiger partial charge in [-0.15, -0.1) is 0 Å². The van der Waals surface area contributed by atoms with Gasteiger partial charge in [0, 0.05) is 33.1 Å². The Balaban J connectivity index is 1.65. The quantitative estimate of drug-likeness (QED) is 0.216. The van der Waals surface area contributed by atoms with E-state index in [0.29, 0.717) is 6.54 Å². The summed E-state index contributed by atoms with van der Waals surface area (Å²) in [6.07, 6.45) is 8.84. The number of esters is 1. The molecule has 0 saturated carbocycles. The van der Waals surface area contributed by atoms with Crippen molar-refractivity contribution in [2.24, 2.45) is 0 Å². The number of carbonyl (C=O) groups excluding carboxylic acids is 2. The Morgan fingerprint density at radius 1 is 0.921 bits per heavy atom. The van der Waals surface area contributed by atoms with Gasteiger partial charge in [-0.3, -0.25) is 9.59 Å². The summed E-state index contributed by atoms with van der Waals surface area (Å²) >= 11 is 0. The summed E-state index contributed by atoms with van der Waals surface area (Å²) in [6.45, 7) is 5.94. The van der Waals surface area contributed by atoms with E-state index in [-0.39, 0.29) is 12.5 Å². The van der Waals surface area contributed by atoms with Gasteiger partial charge in [-0.1, -0.05) is 95.0 Å². The second-order valence-corrected chi connectivity index (χ2v) is 10.4. The Kier molecular flexibility index (Phi) is 13.0. The minimum absolute atomic E-state index is 0.112. The molecule has 1 aromatic carbocycles. The maximum atomic E-state index is 12.9. The summed E-state index contributed by atoms with van der Waals surface area (Å²) in [4.78, 5) is 26.8. The van der Waals surface area contributed by atoms with Crippen LogP contribution in [0.4, 0.5) is 0 Å². The van der Waals surface area contributed by atoms with E-state index in [4.69, 9.17) is 23.7 Å².